The van der Waals surface area contributed by atoms with E-state index in [0.717, 1.165) is 16.9 Å². The number of carbonyl (C=O) groups is 1. The van der Waals surface area contributed by atoms with Crippen LogP contribution in [0.15, 0.2) is 36.7 Å². The first-order valence-corrected chi connectivity index (χ1v) is 6.75. The topological polar surface area (TPSA) is 59.4 Å². The van der Waals surface area contributed by atoms with Gasteiger partial charge in [0, 0.05) is 11.8 Å². The lowest BCUT2D eigenvalue weighted by Gasteiger charge is -2.23. The SMILES string of the molecule is Cc1ccc(Oc2cncc(C(=O)O)c2)c(C(C)(C)C)c1. The fourth-order valence-corrected chi connectivity index (χ4v) is 2.04. The zero-order valence-corrected chi connectivity index (χ0v) is 12.7. The first-order valence-electron chi connectivity index (χ1n) is 6.75. The van der Waals surface area contributed by atoms with Crippen molar-refractivity contribution in [2.75, 3.05) is 0 Å². The van der Waals surface area contributed by atoms with Crippen LogP contribution in [-0.2, 0) is 5.41 Å². The van der Waals surface area contributed by atoms with Crippen LogP contribution in [0.4, 0.5) is 0 Å². The first kappa shape index (κ1) is 15.0. The van der Waals surface area contributed by atoms with E-state index >= 15 is 0 Å². The van der Waals surface area contributed by atoms with Crippen molar-refractivity contribution in [3.63, 3.8) is 0 Å². The van der Waals surface area contributed by atoms with E-state index in [-0.39, 0.29) is 11.0 Å². The number of nitrogens with zero attached hydrogens (tertiary/aromatic N) is 1. The van der Waals surface area contributed by atoms with Crippen LogP contribution in [0.2, 0.25) is 0 Å². The number of carboxylic acids is 1. The summed E-state index contributed by atoms with van der Waals surface area (Å²) in [5.41, 5.74) is 2.27. The lowest BCUT2D eigenvalue weighted by molar-refractivity contribution is 0.0696. The summed E-state index contributed by atoms with van der Waals surface area (Å²) < 4.78 is 5.86. The Labute approximate surface area is 124 Å². The number of rotatable bonds is 3. The van der Waals surface area contributed by atoms with E-state index in [0.29, 0.717) is 5.75 Å². The summed E-state index contributed by atoms with van der Waals surface area (Å²) in [7, 11) is 0. The maximum absolute atomic E-state index is 11.0. The lowest BCUT2D eigenvalue weighted by atomic mass is 9.85. The molecule has 110 valence electrons. The van der Waals surface area contributed by atoms with Crippen LogP contribution in [0.5, 0.6) is 11.5 Å². The largest absolute Gasteiger partial charge is 0.478 e. The quantitative estimate of drug-likeness (QED) is 0.919. The molecule has 4 heteroatoms. The molecule has 4 nitrogen and oxygen atoms in total. The molecule has 1 aromatic heterocycles. The third-order valence-electron chi connectivity index (χ3n) is 3.13. The van der Waals surface area contributed by atoms with Crippen molar-refractivity contribution in [3.05, 3.63) is 53.3 Å². The van der Waals surface area contributed by atoms with Crippen LogP contribution < -0.4 is 4.74 Å². The van der Waals surface area contributed by atoms with Crippen molar-refractivity contribution in [1.29, 1.82) is 0 Å². The van der Waals surface area contributed by atoms with Gasteiger partial charge >= 0.3 is 5.97 Å². The van der Waals surface area contributed by atoms with Gasteiger partial charge in [-0.2, -0.15) is 0 Å². The molecular formula is C17H19NO3. The van der Waals surface area contributed by atoms with Gasteiger partial charge in [0.05, 0.1) is 11.8 Å². The molecule has 1 aromatic carbocycles. The molecule has 0 amide bonds. The number of aromatic carboxylic acids is 1. The molecule has 21 heavy (non-hydrogen) atoms. The van der Waals surface area contributed by atoms with Crippen molar-refractivity contribution in [3.8, 4) is 11.5 Å². The minimum atomic E-state index is -1.02. The van der Waals surface area contributed by atoms with Gasteiger partial charge in [-0.3, -0.25) is 4.98 Å². The Balaban J connectivity index is 2.40. The Bertz CT molecular complexity index is 672. The number of benzene rings is 1. The predicted octanol–water partition coefficient (Wildman–Crippen LogP) is 4.18. The van der Waals surface area contributed by atoms with Crippen LogP contribution in [-0.4, -0.2) is 16.1 Å². The molecule has 0 saturated carbocycles. The van der Waals surface area contributed by atoms with Crippen molar-refractivity contribution in [2.24, 2.45) is 0 Å². The third kappa shape index (κ3) is 3.60. The fourth-order valence-electron chi connectivity index (χ4n) is 2.04. The molecule has 0 bridgehead atoms. The van der Waals surface area contributed by atoms with Gasteiger partial charge < -0.3 is 9.84 Å². The molecule has 2 aromatic rings. The Morgan fingerprint density at radius 3 is 2.52 bits per heavy atom. The molecule has 0 fully saturated rings. The highest BCUT2D eigenvalue weighted by Gasteiger charge is 2.19. The zero-order chi connectivity index (χ0) is 15.6. The second-order valence-electron chi connectivity index (χ2n) is 6.07. The summed E-state index contributed by atoms with van der Waals surface area (Å²) in [6.07, 6.45) is 2.81. The molecule has 1 N–H and O–H groups in total. The summed E-state index contributed by atoms with van der Waals surface area (Å²) in [4.78, 5) is 14.9. The number of hydrogen-bond acceptors (Lipinski definition) is 3. The second-order valence-corrected chi connectivity index (χ2v) is 6.07. The van der Waals surface area contributed by atoms with E-state index in [1.165, 1.54) is 18.5 Å². The highest BCUT2D eigenvalue weighted by molar-refractivity contribution is 5.87. The number of aryl methyl sites for hydroxylation is 1. The summed E-state index contributed by atoms with van der Waals surface area (Å²) >= 11 is 0. The highest BCUT2D eigenvalue weighted by atomic mass is 16.5. The highest BCUT2D eigenvalue weighted by Crippen LogP contribution is 2.34. The molecule has 1 heterocycles. The number of aromatic nitrogens is 1. The van der Waals surface area contributed by atoms with E-state index in [9.17, 15) is 4.79 Å². The molecule has 0 atom stereocenters. The number of hydrogen-bond donors (Lipinski definition) is 1. The standard InChI is InChI=1S/C17H19NO3/c1-11-5-6-15(14(7-11)17(2,3)4)21-13-8-12(16(19)20)9-18-10-13/h5-10H,1-4H3,(H,19,20). The minimum Gasteiger partial charge on any atom is -0.478 e. The molecule has 0 spiro atoms. The van der Waals surface area contributed by atoms with Crippen LogP contribution in [0.1, 0.15) is 42.3 Å². The van der Waals surface area contributed by atoms with Crippen LogP contribution in [0.25, 0.3) is 0 Å². The van der Waals surface area contributed by atoms with Crippen molar-refractivity contribution in [1.82, 2.24) is 4.98 Å². The third-order valence-corrected chi connectivity index (χ3v) is 3.13. The van der Waals surface area contributed by atoms with E-state index in [4.69, 9.17) is 9.84 Å². The average Bonchev–Trinajstić information content (AvgIpc) is 2.40. The Morgan fingerprint density at radius 1 is 1.19 bits per heavy atom. The summed E-state index contributed by atoms with van der Waals surface area (Å²) in [6.45, 7) is 8.37. The van der Waals surface area contributed by atoms with Gasteiger partial charge in [-0.1, -0.05) is 38.5 Å². The second kappa shape index (κ2) is 5.56. The van der Waals surface area contributed by atoms with Crippen LogP contribution in [0.3, 0.4) is 0 Å². The maximum atomic E-state index is 11.0. The van der Waals surface area contributed by atoms with Gasteiger partial charge in [0.1, 0.15) is 11.5 Å². The molecule has 0 radical (unpaired) electrons. The molecule has 0 aliphatic rings. The smallest absolute Gasteiger partial charge is 0.337 e. The molecule has 0 aliphatic heterocycles. The molecule has 2 rings (SSSR count). The van der Waals surface area contributed by atoms with E-state index < -0.39 is 5.97 Å². The molecule has 0 unspecified atom stereocenters. The zero-order valence-electron chi connectivity index (χ0n) is 12.7. The van der Waals surface area contributed by atoms with Gasteiger partial charge in [0.2, 0.25) is 0 Å². The van der Waals surface area contributed by atoms with Crippen molar-refractivity contribution < 1.29 is 14.6 Å². The fraction of sp³-hybridized carbons (Fsp3) is 0.294. The van der Waals surface area contributed by atoms with Gasteiger partial charge in [-0.05, 0) is 24.5 Å². The Hall–Kier alpha value is -2.36. The summed E-state index contributed by atoms with van der Waals surface area (Å²) in [6, 6.07) is 7.44. The minimum absolute atomic E-state index is 0.0702. The average molecular weight is 285 g/mol. The Kier molecular flexibility index (Phi) is 3.98. The Morgan fingerprint density at radius 2 is 1.90 bits per heavy atom. The van der Waals surface area contributed by atoms with E-state index in [2.05, 4.69) is 31.8 Å². The molecule has 0 aliphatic carbocycles. The summed E-state index contributed by atoms with van der Waals surface area (Å²) in [5, 5.41) is 9.00. The number of pyridine rings is 1. The van der Waals surface area contributed by atoms with Crippen LogP contribution >= 0.6 is 0 Å². The van der Waals surface area contributed by atoms with Gasteiger partial charge in [-0.15, -0.1) is 0 Å². The lowest BCUT2D eigenvalue weighted by Crippen LogP contribution is -2.13. The van der Waals surface area contributed by atoms with Gasteiger partial charge in [0.25, 0.3) is 0 Å². The monoisotopic (exact) mass is 285 g/mol. The van der Waals surface area contributed by atoms with Crippen molar-refractivity contribution >= 4 is 5.97 Å². The first-order chi connectivity index (χ1) is 9.77. The van der Waals surface area contributed by atoms with Crippen molar-refractivity contribution in [2.45, 2.75) is 33.1 Å². The van der Waals surface area contributed by atoms with Crippen LogP contribution in [0, 0.1) is 6.92 Å². The maximum Gasteiger partial charge on any atom is 0.337 e. The number of ether oxygens (including phenoxy) is 1. The number of carboxylic acid groups (broad SMARTS) is 1. The molecular weight excluding hydrogens is 266 g/mol. The van der Waals surface area contributed by atoms with Gasteiger partial charge in [-0.25, -0.2) is 4.79 Å². The van der Waals surface area contributed by atoms with Gasteiger partial charge in [0.15, 0.2) is 0 Å². The normalized spacial score (nSPS) is 11.2. The van der Waals surface area contributed by atoms with E-state index in [1.54, 1.807) is 0 Å². The summed E-state index contributed by atoms with van der Waals surface area (Å²) in [5.74, 6) is 0.120. The van der Waals surface area contributed by atoms with E-state index in [1.807, 2.05) is 19.1 Å². The molecule has 0 saturated heterocycles. The predicted molar refractivity (Wildman–Crippen MR) is 81.1 cm³/mol.